The molecule has 0 amide bonds. The first-order valence-corrected chi connectivity index (χ1v) is 4.48. The number of aliphatic carboxylic acids is 1. The molecule has 0 aliphatic rings. The van der Waals surface area contributed by atoms with E-state index in [1.807, 2.05) is 0 Å². The van der Waals surface area contributed by atoms with Crippen LogP contribution in [0.1, 0.15) is 18.1 Å². The highest BCUT2D eigenvalue weighted by molar-refractivity contribution is 5.67. The van der Waals surface area contributed by atoms with Gasteiger partial charge in [-0.25, -0.2) is 4.39 Å². The molecule has 2 atom stereocenters. The summed E-state index contributed by atoms with van der Waals surface area (Å²) >= 11 is 0. The smallest absolute Gasteiger partial charge is 0.306 e. The summed E-state index contributed by atoms with van der Waals surface area (Å²) in [4.78, 5) is 10.3. The zero-order valence-corrected chi connectivity index (χ0v) is 8.17. The number of phenols is 1. The molecule has 1 rings (SSSR count). The number of aliphatic hydroxyl groups excluding tert-OH is 2. The number of benzene rings is 1. The van der Waals surface area contributed by atoms with E-state index in [1.165, 1.54) is 12.1 Å². The number of aliphatic hydroxyl groups is 2. The van der Waals surface area contributed by atoms with Crippen LogP contribution in [0.2, 0.25) is 0 Å². The lowest BCUT2D eigenvalue weighted by Crippen LogP contribution is -2.21. The number of hydrogen-bond acceptors (Lipinski definition) is 4. The average molecular weight is 230 g/mol. The molecule has 0 heterocycles. The Morgan fingerprint density at radius 3 is 2.56 bits per heavy atom. The van der Waals surface area contributed by atoms with Crippen LogP contribution in [0.3, 0.4) is 0 Å². The normalized spacial score (nSPS) is 14.4. The molecule has 0 bridgehead atoms. The number of halogens is 1. The predicted molar refractivity (Wildman–Crippen MR) is 51.3 cm³/mol. The van der Waals surface area contributed by atoms with Gasteiger partial charge in [0.1, 0.15) is 6.10 Å². The number of carbonyl (C=O) groups is 1. The highest BCUT2D eigenvalue weighted by Gasteiger charge is 2.24. The fourth-order valence-corrected chi connectivity index (χ4v) is 1.27. The molecular weight excluding hydrogens is 219 g/mol. The van der Waals surface area contributed by atoms with Crippen molar-refractivity contribution in [2.24, 2.45) is 0 Å². The molecule has 16 heavy (non-hydrogen) atoms. The number of phenolic OH excluding ortho intramolecular Hbond substituents is 1. The van der Waals surface area contributed by atoms with E-state index >= 15 is 0 Å². The minimum atomic E-state index is -1.65. The zero-order chi connectivity index (χ0) is 12.3. The molecule has 0 aromatic heterocycles. The van der Waals surface area contributed by atoms with Gasteiger partial charge in [-0.1, -0.05) is 12.1 Å². The van der Waals surface area contributed by atoms with Crippen LogP contribution in [0.15, 0.2) is 18.2 Å². The van der Waals surface area contributed by atoms with Gasteiger partial charge in [0.15, 0.2) is 11.6 Å². The fourth-order valence-electron chi connectivity index (χ4n) is 1.27. The van der Waals surface area contributed by atoms with Crippen LogP contribution in [0.5, 0.6) is 5.75 Å². The number of rotatable bonds is 4. The van der Waals surface area contributed by atoms with Crippen molar-refractivity contribution in [3.05, 3.63) is 29.6 Å². The van der Waals surface area contributed by atoms with E-state index in [2.05, 4.69) is 0 Å². The van der Waals surface area contributed by atoms with E-state index in [0.29, 0.717) is 0 Å². The van der Waals surface area contributed by atoms with Crippen LogP contribution < -0.4 is 0 Å². The number of carboxylic acid groups (broad SMARTS) is 1. The van der Waals surface area contributed by atoms with Gasteiger partial charge >= 0.3 is 5.97 Å². The number of hydrogen-bond donors (Lipinski definition) is 4. The van der Waals surface area contributed by atoms with Crippen LogP contribution in [0.25, 0.3) is 0 Å². The molecule has 0 saturated heterocycles. The van der Waals surface area contributed by atoms with Gasteiger partial charge in [-0.2, -0.15) is 0 Å². The molecule has 1 aromatic rings. The SMILES string of the molecule is O=C(O)CC(O)C(O)c1cccc(F)c1O. The third kappa shape index (κ3) is 2.68. The number of aromatic hydroxyl groups is 1. The van der Waals surface area contributed by atoms with E-state index in [0.717, 1.165) is 6.07 Å². The Labute approximate surface area is 90.4 Å². The molecular formula is C10H11FO5. The Morgan fingerprint density at radius 2 is 2.00 bits per heavy atom. The lowest BCUT2D eigenvalue weighted by Gasteiger charge is -2.17. The quantitative estimate of drug-likeness (QED) is 0.600. The molecule has 0 spiro atoms. The van der Waals surface area contributed by atoms with Crippen molar-refractivity contribution in [3.8, 4) is 5.75 Å². The van der Waals surface area contributed by atoms with Gasteiger partial charge in [-0.05, 0) is 6.07 Å². The van der Waals surface area contributed by atoms with E-state index in [9.17, 15) is 24.5 Å². The summed E-state index contributed by atoms with van der Waals surface area (Å²) in [5.74, 6) is -3.04. The molecule has 6 heteroatoms. The topological polar surface area (TPSA) is 98.0 Å². The Balaban J connectivity index is 2.91. The van der Waals surface area contributed by atoms with E-state index in [1.54, 1.807) is 0 Å². The maximum atomic E-state index is 12.9. The summed E-state index contributed by atoms with van der Waals surface area (Å²) in [5.41, 5.74) is -0.242. The number of carboxylic acids is 1. The predicted octanol–water partition coefficient (Wildman–Crippen LogP) is 0.400. The maximum absolute atomic E-state index is 12.9. The third-order valence-electron chi connectivity index (χ3n) is 2.08. The first-order valence-electron chi connectivity index (χ1n) is 4.48. The third-order valence-corrected chi connectivity index (χ3v) is 2.08. The molecule has 1 aromatic carbocycles. The van der Waals surface area contributed by atoms with Crippen molar-refractivity contribution in [3.63, 3.8) is 0 Å². The Hall–Kier alpha value is -1.66. The lowest BCUT2D eigenvalue weighted by molar-refractivity contribution is -0.141. The van der Waals surface area contributed by atoms with Gasteiger partial charge in [-0.3, -0.25) is 4.79 Å². The van der Waals surface area contributed by atoms with Crippen molar-refractivity contribution in [2.75, 3.05) is 0 Å². The van der Waals surface area contributed by atoms with Gasteiger partial charge in [0.05, 0.1) is 12.5 Å². The van der Waals surface area contributed by atoms with Crippen molar-refractivity contribution < 1.29 is 29.6 Å². The summed E-state index contributed by atoms with van der Waals surface area (Å²) in [6.07, 6.45) is -3.95. The Bertz CT molecular complexity index is 393. The standard InChI is InChI=1S/C10H11FO5/c11-6-3-1-2-5(9(6)15)10(16)7(12)4-8(13)14/h1-3,7,10,12,15-16H,4H2,(H,13,14). The van der Waals surface area contributed by atoms with Gasteiger partial charge < -0.3 is 20.4 Å². The zero-order valence-electron chi connectivity index (χ0n) is 8.17. The lowest BCUT2D eigenvalue weighted by atomic mass is 10.0. The van der Waals surface area contributed by atoms with E-state index in [-0.39, 0.29) is 5.56 Å². The molecule has 88 valence electrons. The molecule has 4 N–H and O–H groups in total. The second-order valence-electron chi connectivity index (χ2n) is 3.29. The van der Waals surface area contributed by atoms with Crippen LogP contribution in [-0.2, 0) is 4.79 Å². The molecule has 5 nitrogen and oxygen atoms in total. The van der Waals surface area contributed by atoms with Crippen LogP contribution in [0.4, 0.5) is 4.39 Å². The van der Waals surface area contributed by atoms with Gasteiger partial charge in [-0.15, -0.1) is 0 Å². The largest absolute Gasteiger partial charge is 0.505 e. The summed E-state index contributed by atoms with van der Waals surface area (Å²) in [6, 6.07) is 3.42. The first kappa shape index (κ1) is 12.4. The summed E-state index contributed by atoms with van der Waals surface area (Å²) in [6.45, 7) is 0. The average Bonchev–Trinajstić information content (AvgIpc) is 2.20. The molecule has 0 fully saturated rings. The second-order valence-corrected chi connectivity index (χ2v) is 3.29. The van der Waals surface area contributed by atoms with Crippen molar-refractivity contribution in [2.45, 2.75) is 18.6 Å². The summed E-state index contributed by atoms with van der Waals surface area (Å²) < 4.78 is 12.9. The number of para-hydroxylation sites is 1. The molecule has 0 radical (unpaired) electrons. The molecule has 0 saturated carbocycles. The van der Waals surface area contributed by atoms with Gasteiger partial charge in [0, 0.05) is 5.56 Å². The van der Waals surface area contributed by atoms with Crippen molar-refractivity contribution >= 4 is 5.97 Å². The van der Waals surface area contributed by atoms with Crippen molar-refractivity contribution in [1.29, 1.82) is 0 Å². The van der Waals surface area contributed by atoms with Gasteiger partial charge in [0.2, 0.25) is 0 Å². The van der Waals surface area contributed by atoms with Crippen molar-refractivity contribution in [1.82, 2.24) is 0 Å². The molecule has 0 aliphatic heterocycles. The van der Waals surface area contributed by atoms with Crippen LogP contribution >= 0.6 is 0 Å². The highest BCUT2D eigenvalue weighted by atomic mass is 19.1. The van der Waals surface area contributed by atoms with Crippen LogP contribution in [0, 0.1) is 5.82 Å². The summed E-state index contributed by atoms with van der Waals surface area (Å²) in [5, 5.41) is 36.4. The minimum Gasteiger partial charge on any atom is -0.505 e. The maximum Gasteiger partial charge on any atom is 0.306 e. The van der Waals surface area contributed by atoms with E-state index < -0.39 is 36.2 Å². The first-order chi connectivity index (χ1) is 7.43. The monoisotopic (exact) mass is 230 g/mol. The minimum absolute atomic E-state index is 0.242. The molecule has 0 aliphatic carbocycles. The fraction of sp³-hybridized carbons (Fsp3) is 0.300. The molecule has 2 unspecified atom stereocenters. The summed E-state index contributed by atoms with van der Waals surface area (Å²) in [7, 11) is 0. The Kier molecular flexibility index (Phi) is 3.81. The van der Waals surface area contributed by atoms with Crippen LogP contribution in [-0.4, -0.2) is 32.5 Å². The van der Waals surface area contributed by atoms with Gasteiger partial charge in [0.25, 0.3) is 0 Å². The Morgan fingerprint density at radius 1 is 1.38 bits per heavy atom. The second kappa shape index (κ2) is 4.91. The van der Waals surface area contributed by atoms with E-state index in [4.69, 9.17) is 5.11 Å². The highest BCUT2D eigenvalue weighted by Crippen LogP contribution is 2.29.